The van der Waals surface area contributed by atoms with Gasteiger partial charge in [0.05, 0.1) is 4.91 Å². The second-order valence-electron chi connectivity index (χ2n) is 5.43. The highest BCUT2D eigenvalue weighted by atomic mass is 32.2. The highest BCUT2D eigenvalue weighted by Crippen LogP contribution is 2.31. The smallest absolute Gasteiger partial charge is 0.285 e. The van der Waals surface area contributed by atoms with Crippen LogP contribution in [0.15, 0.2) is 29.2 Å². The molecule has 120 valence electrons. The maximum Gasteiger partial charge on any atom is 0.285 e. The van der Waals surface area contributed by atoms with Gasteiger partial charge in [-0.2, -0.15) is 5.01 Å². The molecule has 0 radical (unpaired) electrons. The lowest BCUT2D eigenvalue weighted by atomic mass is 10.1. The Hall–Kier alpha value is -1.99. The predicted molar refractivity (Wildman–Crippen MR) is 94.4 cm³/mol. The lowest BCUT2D eigenvalue weighted by molar-refractivity contribution is -0.133. The van der Waals surface area contributed by atoms with Gasteiger partial charge in [0.2, 0.25) is 5.91 Å². The van der Waals surface area contributed by atoms with Crippen molar-refractivity contribution in [2.45, 2.75) is 20.3 Å². The first-order chi connectivity index (χ1) is 10.9. The fraction of sp³-hybridized carbons (Fsp3) is 0.250. The van der Waals surface area contributed by atoms with Gasteiger partial charge in [0.25, 0.3) is 5.91 Å². The van der Waals surface area contributed by atoms with Crippen molar-refractivity contribution >= 4 is 52.5 Å². The Labute approximate surface area is 144 Å². The van der Waals surface area contributed by atoms with Gasteiger partial charge in [0.1, 0.15) is 6.29 Å². The Balaban J connectivity index is 2.12. The fourth-order valence-electron chi connectivity index (χ4n) is 1.93. The molecule has 0 bridgehead atoms. The van der Waals surface area contributed by atoms with Crippen LogP contribution in [0.3, 0.4) is 0 Å². The molecule has 0 aromatic heterocycles. The van der Waals surface area contributed by atoms with E-state index in [1.165, 1.54) is 0 Å². The van der Waals surface area contributed by atoms with Gasteiger partial charge >= 0.3 is 0 Å². The Morgan fingerprint density at radius 2 is 1.91 bits per heavy atom. The third kappa shape index (κ3) is 4.49. The summed E-state index contributed by atoms with van der Waals surface area (Å²) in [6.07, 6.45) is 2.76. The molecule has 1 heterocycles. The molecule has 1 aliphatic rings. The number of nitrogens with one attached hydrogen (secondary N) is 1. The molecule has 23 heavy (non-hydrogen) atoms. The fourth-order valence-corrected chi connectivity index (χ4v) is 3.11. The minimum Gasteiger partial charge on any atom is -0.298 e. The Morgan fingerprint density at radius 3 is 2.48 bits per heavy atom. The third-order valence-electron chi connectivity index (χ3n) is 2.99. The van der Waals surface area contributed by atoms with Crippen molar-refractivity contribution in [1.82, 2.24) is 10.4 Å². The average Bonchev–Trinajstić information content (AvgIpc) is 2.75. The molecule has 0 spiro atoms. The number of carbonyl (C=O) groups excluding carboxylic acids is 3. The number of carbonyl (C=O) groups is 3. The predicted octanol–water partition coefficient (Wildman–Crippen LogP) is 2.78. The second kappa shape index (κ2) is 7.52. The Morgan fingerprint density at radius 1 is 1.30 bits per heavy atom. The van der Waals surface area contributed by atoms with Gasteiger partial charge in [-0.15, -0.1) is 0 Å². The van der Waals surface area contributed by atoms with Crippen molar-refractivity contribution in [3.05, 3.63) is 40.3 Å². The summed E-state index contributed by atoms with van der Waals surface area (Å²) in [7, 11) is 0. The summed E-state index contributed by atoms with van der Waals surface area (Å²) in [5.41, 5.74) is 3.89. The highest BCUT2D eigenvalue weighted by Gasteiger charge is 2.33. The molecular formula is C16H16N2O3S2. The molecule has 1 aromatic carbocycles. The minimum atomic E-state index is -0.350. The molecule has 1 fully saturated rings. The summed E-state index contributed by atoms with van der Waals surface area (Å²) < 4.78 is 0.294. The topological polar surface area (TPSA) is 66.5 Å². The number of thiocarbonyl (C=S) groups is 1. The molecule has 1 aromatic rings. The van der Waals surface area contributed by atoms with Gasteiger partial charge in [-0.1, -0.05) is 49.9 Å². The van der Waals surface area contributed by atoms with Crippen LogP contribution in [0.2, 0.25) is 0 Å². The maximum atomic E-state index is 12.3. The molecule has 1 saturated heterocycles. The molecular weight excluding hydrogens is 332 g/mol. The average molecular weight is 348 g/mol. The summed E-state index contributed by atoms with van der Waals surface area (Å²) in [6, 6.07) is 6.83. The van der Waals surface area contributed by atoms with Crippen molar-refractivity contribution in [2.75, 3.05) is 0 Å². The van der Waals surface area contributed by atoms with Crippen LogP contribution >= 0.6 is 24.0 Å². The van der Waals surface area contributed by atoms with Crippen LogP contribution in [-0.2, 0) is 9.59 Å². The first-order valence-electron chi connectivity index (χ1n) is 7.03. The van der Waals surface area contributed by atoms with E-state index in [0.29, 0.717) is 21.2 Å². The van der Waals surface area contributed by atoms with Crippen molar-refractivity contribution < 1.29 is 14.4 Å². The normalized spacial score (nSPS) is 16.3. The number of thioether (sulfide) groups is 1. The summed E-state index contributed by atoms with van der Waals surface area (Å²) in [5, 5.41) is 1.11. The zero-order valence-electron chi connectivity index (χ0n) is 12.7. The van der Waals surface area contributed by atoms with E-state index < -0.39 is 0 Å². The molecule has 7 heteroatoms. The summed E-state index contributed by atoms with van der Waals surface area (Å²) in [4.78, 5) is 35.2. The largest absolute Gasteiger partial charge is 0.298 e. The van der Waals surface area contributed by atoms with Gasteiger partial charge in [0.15, 0.2) is 4.32 Å². The molecule has 0 atom stereocenters. The lowest BCUT2D eigenvalue weighted by Crippen LogP contribution is -2.45. The minimum absolute atomic E-state index is 0.195. The number of benzene rings is 1. The third-order valence-corrected chi connectivity index (χ3v) is 4.30. The van der Waals surface area contributed by atoms with Crippen molar-refractivity contribution in [2.24, 2.45) is 5.92 Å². The van der Waals surface area contributed by atoms with Gasteiger partial charge in [-0.3, -0.25) is 19.8 Å². The number of hydrogen-bond donors (Lipinski definition) is 1. The van der Waals surface area contributed by atoms with Crippen LogP contribution in [0.4, 0.5) is 0 Å². The standard InChI is InChI=1S/C16H16N2O3S2/c1-10(2)7-14(20)17-18-15(21)13(23-16(18)22)8-11-3-5-12(9-19)6-4-11/h3-6,8-10H,7H2,1-2H3,(H,17,20). The summed E-state index contributed by atoms with van der Waals surface area (Å²) in [5.74, 6) is -0.398. The van der Waals surface area contributed by atoms with E-state index in [2.05, 4.69) is 5.43 Å². The first kappa shape index (κ1) is 17.4. The van der Waals surface area contributed by atoms with E-state index in [9.17, 15) is 14.4 Å². The van der Waals surface area contributed by atoms with E-state index in [0.717, 1.165) is 28.6 Å². The Bertz CT molecular complexity index is 681. The molecule has 0 unspecified atom stereocenters. The monoisotopic (exact) mass is 348 g/mol. The molecule has 1 N–H and O–H groups in total. The second-order valence-corrected chi connectivity index (χ2v) is 7.11. The number of nitrogens with zero attached hydrogens (tertiary/aromatic N) is 1. The lowest BCUT2D eigenvalue weighted by Gasteiger charge is -2.16. The Kier molecular flexibility index (Phi) is 5.68. The molecule has 2 amide bonds. The number of aldehydes is 1. The number of hydrazine groups is 1. The SMILES string of the molecule is CC(C)CC(=O)NN1C(=O)C(=Cc2ccc(C=O)cc2)SC1=S. The zero-order chi connectivity index (χ0) is 17.0. The van der Waals surface area contributed by atoms with E-state index >= 15 is 0 Å². The highest BCUT2D eigenvalue weighted by molar-refractivity contribution is 8.26. The van der Waals surface area contributed by atoms with E-state index in [4.69, 9.17) is 12.2 Å². The van der Waals surface area contributed by atoms with Crippen LogP contribution < -0.4 is 5.43 Å². The molecule has 2 rings (SSSR count). The molecule has 5 nitrogen and oxygen atoms in total. The molecule has 0 saturated carbocycles. The van der Waals surface area contributed by atoms with E-state index in [1.807, 2.05) is 13.8 Å². The quantitative estimate of drug-likeness (QED) is 0.503. The summed E-state index contributed by atoms with van der Waals surface area (Å²) >= 11 is 6.28. The first-order valence-corrected chi connectivity index (χ1v) is 8.26. The van der Waals surface area contributed by atoms with Crippen molar-refractivity contribution in [3.63, 3.8) is 0 Å². The zero-order valence-corrected chi connectivity index (χ0v) is 14.4. The van der Waals surface area contributed by atoms with Crippen molar-refractivity contribution in [3.8, 4) is 0 Å². The van der Waals surface area contributed by atoms with Crippen LogP contribution in [0.25, 0.3) is 6.08 Å². The summed E-state index contributed by atoms with van der Waals surface area (Å²) in [6.45, 7) is 3.85. The number of rotatable bonds is 5. The van der Waals surface area contributed by atoms with Gasteiger partial charge in [-0.05, 0) is 29.8 Å². The maximum absolute atomic E-state index is 12.3. The van der Waals surface area contributed by atoms with Gasteiger partial charge in [0, 0.05) is 12.0 Å². The van der Waals surface area contributed by atoms with E-state index in [-0.39, 0.29) is 17.7 Å². The van der Waals surface area contributed by atoms with Gasteiger partial charge in [-0.25, -0.2) is 0 Å². The molecule has 0 aliphatic carbocycles. The van der Waals surface area contributed by atoms with Gasteiger partial charge < -0.3 is 0 Å². The number of hydrogen-bond acceptors (Lipinski definition) is 5. The van der Waals surface area contributed by atoms with Crippen LogP contribution in [0, 0.1) is 5.92 Å². The van der Waals surface area contributed by atoms with Crippen LogP contribution in [0.5, 0.6) is 0 Å². The van der Waals surface area contributed by atoms with Crippen LogP contribution in [0.1, 0.15) is 36.2 Å². The van der Waals surface area contributed by atoms with E-state index in [1.54, 1.807) is 30.3 Å². The van der Waals surface area contributed by atoms with Crippen molar-refractivity contribution in [1.29, 1.82) is 0 Å². The molecule has 1 aliphatic heterocycles. The number of amides is 2. The van der Waals surface area contributed by atoms with Crippen LogP contribution in [-0.4, -0.2) is 27.4 Å².